The smallest absolute Gasteiger partial charge is 0.411 e. The van der Waals surface area contributed by atoms with Gasteiger partial charge in [-0.3, -0.25) is 5.32 Å². The molecule has 0 aliphatic rings. The van der Waals surface area contributed by atoms with Crippen molar-refractivity contribution in [2.45, 2.75) is 0 Å². The van der Waals surface area contributed by atoms with Crippen molar-refractivity contribution in [2.75, 3.05) is 19.5 Å². The van der Waals surface area contributed by atoms with Gasteiger partial charge in [0.25, 0.3) is 0 Å². The summed E-state index contributed by atoms with van der Waals surface area (Å²) in [5.41, 5.74) is 0.322. The van der Waals surface area contributed by atoms with E-state index in [0.717, 1.165) is 0 Å². The molecule has 5 nitrogen and oxygen atoms in total. The summed E-state index contributed by atoms with van der Waals surface area (Å²) in [6, 6.07) is 1.57. The minimum atomic E-state index is -0.613. The highest BCUT2D eigenvalue weighted by atomic mass is 32.1. The van der Waals surface area contributed by atoms with Crippen molar-refractivity contribution >= 4 is 28.4 Å². The maximum Gasteiger partial charge on any atom is 0.411 e. The number of methoxy groups -OCH3 is 2. The summed E-state index contributed by atoms with van der Waals surface area (Å²) in [4.78, 5) is 22.0. The van der Waals surface area contributed by atoms with Gasteiger partial charge in [0.2, 0.25) is 0 Å². The lowest BCUT2D eigenvalue weighted by Gasteiger charge is -2.02. The molecule has 14 heavy (non-hydrogen) atoms. The molecule has 0 unspecified atom stereocenters. The van der Waals surface area contributed by atoms with Gasteiger partial charge in [0.1, 0.15) is 5.00 Å². The lowest BCUT2D eigenvalue weighted by Crippen LogP contribution is -2.12. The molecule has 1 rings (SSSR count). The van der Waals surface area contributed by atoms with Crippen LogP contribution < -0.4 is 5.32 Å². The number of carbonyl (C=O) groups excluding carboxylic acids is 2. The largest absolute Gasteiger partial charge is 0.465 e. The van der Waals surface area contributed by atoms with E-state index in [4.69, 9.17) is 0 Å². The predicted molar refractivity (Wildman–Crippen MR) is 51.7 cm³/mol. The van der Waals surface area contributed by atoms with Crippen molar-refractivity contribution < 1.29 is 19.1 Å². The van der Waals surface area contributed by atoms with E-state index >= 15 is 0 Å². The van der Waals surface area contributed by atoms with E-state index in [9.17, 15) is 9.59 Å². The van der Waals surface area contributed by atoms with Gasteiger partial charge in [-0.05, 0) is 11.4 Å². The standard InChI is InChI=1S/C8H9NO4S/c1-12-7(10)5-3-4-14-6(5)9-8(11)13-2/h3-4H,1-2H3,(H,9,11). The molecule has 1 N–H and O–H groups in total. The Morgan fingerprint density at radius 3 is 2.64 bits per heavy atom. The zero-order valence-corrected chi connectivity index (χ0v) is 8.51. The second-order valence-electron chi connectivity index (χ2n) is 2.27. The number of hydrogen-bond acceptors (Lipinski definition) is 5. The monoisotopic (exact) mass is 215 g/mol. The van der Waals surface area contributed by atoms with Crippen LogP contribution in [-0.2, 0) is 9.47 Å². The molecule has 0 aliphatic carbocycles. The summed E-state index contributed by atoms with van der Waals surface area (Å²) in [7, 11) is 2.53. The summed E-state index contributed by atoms with van der Waals surface area (Å²) in [6.45, 7) is 0. The van der Waals surface area contributed by atoms with Crippen LogP contribution in [-0.4, -0.2) is 26.3 Å². The number of carbonyl (C=O) groups is 2. The van der Waals surface area contributed by atoms with Gasteiger partial charge in [0.15, 0.2) is 0 Å². The topological polar surface area (TPSA) is 64.6 Å². The first-order valence-corrected chi connectivity index (χ1v) is 4.57. The van der Waals surface area contributed by atoms with Crippen LogP contribution >= 0.6 is 11.3 Å². The highest BCUT2D eigenvalue weighted by Crippen LogP contribution is 2.23. The second-order valence-corrected chi connectivity index (χ2v) is 3.19. The summed E-state index contributed by atoms with van der Waals surface area (Å²) < 4.78 is 8.92. The van der Waals surface area contributed by atoms with E-state index in [1.165, 1.54) is 25.6 Å². The molecule has 0 bridgehead atoms. The Morgan fingerprint density at radius 1 is 1.36 bits per heavy atom. The van der Waals surface area contributed by atoms with Gasteiger partial charge in [-0.15, -0.1) is 11.3 Å². The Morgan fingerprint density at radius 2 is 2.07 bits per heavy atom. The zero-order chi connectivity index (χ0) is 10.6. The number of esters is 1. The molecule has 1 heterocycles. The average molecular weight is 215 g/mol. The third-order valence-corrected chi connectivity index (χ3v) is 2.30. The Hall–Kier alpha value is -1.56. The lowest BCUT2D eigenvalue weighted by atomic mass is 10.3. The minimum Gasteiger partial charge on any atom is -0.465 e. The molecule has 0 spiro atoms. The summed E-state index contributed by atoms with van der Waals surface area (Å²) >= 11 is 1.22. The van der Waals surface area contributed by atoms with Crippen molar-refractivity contribution in [1.29, 1.82) is 0 Å². The normalized spacial score (nSPS) is 9.29. The van der Waals surface area contributed by atoms with Crippen LogP contribution in [0.1, 0.15) is 10.4 Å². The molecule has 76 valence electrons. The van der Waals surface area contributed by atoms with Crippen molar-refractivity contribution in [1.82, 2.24) is 0 Å². The van der Waals surface area contributed by atoms with E-state index in [-0.39, 0.29) is 0 Å². The predicted octanol–water partition coefficient (Wildman–Crippen LogP) is 1.71. The molecule has 0 saturated carbocycles. The number of hydrogen-bond donors (Lipinski definition) is 1. The first-order chi connectivity index (χ1) is 6.69. The van der Waals surface area contributed by atoms with Gasteiger partial charge in [0, 0.05) is 0 Å². The lowest BCUT2D eigenvalue weighted by molar-refractivity contribution is 0.0602. The second kappa shape index (κ2) is 4.61. The summed E-state index contributed by atoms with van der Waals surface area (Å²) in [6.07, 6.45) is -0.613. The molecule has 0 aliphatic heterocycles. The number of anilines is 1. The van der Waals surface area contributed by atoms with Crippen LogP contribution in [0.4, 0.5) is 9.80 Å². The molecule has 1 aromatic rings. The SMILES string of the molecule is COC(=O)Nc1sccc1C(=O)OC. The van der Waals surface area contributed by atoms with Crippen molar-refractivity contribution in [3.63, 3.8) is 0 Å². The van der Waals surface area contributed by atoms with E-state index < -0.39 is 12.1 Å². The molecule has 1 amide bonds. The van der Waals surface area contributed by atoms with Crippen LogP contribution in [0.15, 0.2) is 11.4 Å². The van der Waals surface area contributed by atoms with E-state index in [2.05, 4.69) is 14.8 Å². The molecule has 1 aromatic heterocycles. The van der Waals surface area contributed by atoms with Crippen molar-refractivity contribution in [3.05, 3.63) is 17.0 Å². The Kier molecular flexibility index (Phi) is 3.47. The van der Waals surface area contributed by atoms with Gasteiger partial charge in [0.05, 0.1) is 19.8 Å². The van der Waals surface area contributed by atoms with E-state index in [1.54, 1.807) is 11.4 Å². The number of nitrogens with one attached hydrogen (secondary N) is 1. The van der Waals surface area contributed by atoms with Crippen LogP contribution in [0.3, 0.4) is 0 Å². The first kappa shape index (κ1) is 10.5. The minimum absolute atomic E-state index is 0.322. The third-order valence-electron chi connectivity index (χ3n) is 1.47. The maximum absolute atomic E-state index is 11.2. The molecule has 0 aromatic carbocycles. The van der Waals surface area contributed by atoms with Crippen molar-refractivity contribution in [2.24, 2.45) is 0 Å². The van der Waals surface area contributed by atoms with Gasteiger partial charge in [-0.1, -0.05) is 0 Å². The van der Waals surface area contributed by atoms with E-state index in [0.29, 0.717) is 10.6 Å². The fourth-order valence-electron chi connectivity index (χ4n) is 0.820. The van der Waals surface area contributed by atoms with Gasteiger partial charge in [-0.25, -0.2) is 9.59 Å². The highest BCUT2D eigenvalue weighted by molar-refractivity contribution is 7.14. The molecule has 0 saturated heterocycles. The molecule has 0 fully saturated rings. The molecular weight excluding hydrogens is 206 g/mol. The van der Waals surface area contributed by atoms with Gasteiger partial charge in [-0.2, -0.15) is 0 Å². The quantitative estimate of drug-likeness (QED) is 0.763. The van der Waals surface area contributed by atoms with Gasteiger partial charge >= 0.3 is 12.1 Å². The molecule has 6 heteroatoms. The fraction of sp³-hybridized carbons (Fsp3) is 0.250. The van der Waals surface area contributed by atoms with Crippen LogP contribution in [0.2, 0.25) is 0 Å². The van der Waals surface area contributed by atoms with Crippen LogP contribution in [0, 0.1) is 0 Å². The summed E-state index contributed by atoms with van der Waals surface area (Å²) in [5, 5.41) is 4.51. The molecule has 0 atom stereocenters. The van der Waals surface area contributed by atoms with E-state index in [1.807, 2.05) is 0 Å². The molecular formula is C8H9NO4S. The fourth-order valence-corrected chi connectivity index (χ4v) is 1.58. The van der Waals surface area contributed by atoms with Crippen molar-refractivity contribution in [3.8, 4) is 0 Å². The van der Waals surface area contributed by atoms with Gasteiger partial charge < -0.3 is 9.47 Å². The maximum atomic E-state index is 11.2. The Labute approximate surface area is 84.6 Å². The number of rotatable bonds is 2. The first-order valence-electron chi connectivity index (χ1n) is 3.69. The Bertz CT molecular complexity index is 347. The van der Waals surface area contributed by atoms with Crippen LogP contribution in [0.5, 0.6) is 0 Å². The number of amides is 1. The number of thiophene rings is 1. The average Bonchev–Trinajstić information content (AvgIpc) is 2.64. The zero-order valence-electron chi connectivity index (χ0n) is 7.70. The third kappa shape index (κ3) is 2.23. The van der Waals surface area contributed by atoms with Crippen LogP contribution in [0.25, 0.3) is 0 Å². The number of ether oxygens (including phenoxy) is 2. The highest BCUT2D eigenvalue weighted by Gasteiger charge is 2.14. The Balaban J connectivity index is 2.82. The summed E-state index contributed by atoms with van der Waals surface area (Å²) in [5.74, 6) is -0.488. The molecule has 0 radical (unpaired) electrons.